The SMILES string of the molecule is C=CC(=O)NC1CN(c2nc(Nc3cn(C)nc3OC)c3ncc(C4CC4)n3n2)CC1C. The summed E-state index contributed by atoms with van der Waals surface area (Å²) in [5.41, 5.74) is 2.45. The third-order valence-electron chi connectivity index (χ3n) is 6.02. The van der Waals surface area contributed by atoms with Crippen molar-refractivity contribution in [3.63, 3.8) is 0 Å². The van der Waals surface area contributed by atoms with Gasteiger partial charge in [0.15, 0.2) is 11.5 Å². The highest BCUT2D eigenvalue weighted by Crippen LogP contribution is 2.41. The molecule has 2 atom stereocenters. The van der Waals surface area contributed by atoms with Gasteiger partial charge in [0, 0.05) is 26.1 Å². The molecule has 11 nitrogen and oxygen atoms in total. The molecule has 1 saturated heterocycles. The molecule has 0 bridgehead atoms. The van der Waals surface area contributed by atoms with Crippen molar-refractivity contribution in [3.05, 3.63) is 30.7 Å². The second-order valence-electron chi connectivity index (χ2n) is 8.51. The van der Waals surface area contributed by atoms with Crippen LogP contribution >= 0.6 is 0 Å². The van der Waals surface area contributed by atoms with Crippen LogP contribution in [0.2, 0.25) is 0 Å². The number of hydrogen-bond acceptors (Lipinski definition) is 8. The Morgan fingerprint density at radius 2 is 2.12 bits per heavy atom. The first-order valence-electron chi connectivity index (χ1n) is 10.7. The molecule has 32 heavy (non-hydrogen) atoms. The Morgan fingerprint density at radius 3 is 2.84 bits per heavy atom. The van der Waals surface area contributed by atoms with Gasteiger partial charge in [0.1, 0.15) is 5.69 Å². The number of fused-ring (bicyclic) bond motifs is 1. The summed E-state index contributed by atoms with van der Waals surface area (Å²) < 4.78 is 8.96. The quantitative estimate of drug-likeness (QED) is 0.536. The van der Waals surface area contributed by atoms with E-state index in [1.807, 2.05) is 24.0 Å². The van der Waals surface area contributed by atoms with Crippen molar-refractivity contribution in [2.24, 2.45) is 13.0 Å². The Hall–Kier alpha value is -3.63. The van der Waals surface area contributed by atoms with E-state index in [4.69, 9.17) is 14.8 Å². The zero-order valence-electron chi connectivity index (χ0n) is 18.4. The van der Waals surface area contributed by atoms with Crippen LogP contribution in [0.3, 0.4) is 0 Å². The second kappa shape index (κ2) is 7.81. The second-order valence-corrected chi connectivity index (χ2v) is 8.51. The van der Waals surface area contributed by atoms with Gasteiger partial charge in [-0.15, -0.1) is 10.2 Å². The van der Waals surface area contributed by atoms with E-state index in [9.17, 15) is 4.79 Å². The maximum absolute atomic E-state index is 11.8. The molecule has 1 aliphatic carbocycles. The van der Waals surface area contributed by atoms with Crippen molar-refractivity contribution in [2.75, 3.05) is 30.4 Å². The number of aromatic nitrogens is 6. The number of aryl methyl sites for hydroxylation is 1. The highest BCUT2D eigenvalue weighted by atomic mass is 16.5. The first kappa shape index (κ1) is 20.3. The molecular formula is C21H27N9O2. The average Bonchev–Trinajstić information content (AvgIpc) is 3.27. The Morgan fingerprint density at radius 1 is 1.31 bits per heavy atom. The Kier molecular flexibility index (Phi) is 4.95. The zero-order valence-corrected chi connectivity index (χ0v) is 18.4. The number of ether oxygens (including phenoxy) is 1. The summed E-state index contributed by atoms with van der Waals surface area (Å²) in [6.45, 7) is 7.01. The fraction of sp³-hybridized carbons (Fsp3) is 0.476. The monoisotopic (exact) mass is 437 g/mol. The summed E-state index contributed by atoms with van der Waals surface area (Å²) >= 11 is 0. The molecule has 5 rings (SSSR count). The summed E-state index contributed by atoms with van der Waals surface area (Å²) in [6.07, 6.45) is 7.30. The molecule has 2 aliphatic rings. The number of anilines is 3. The third kappa shape index (κ3) is 3.63. The molecule has 4 heterocycles. The van der Waals surface area contributed by atoms with Gasteiger partial charge in [-0.05, 0) is 24.8 Å². The van der Waals surface area contributed by atoms with Crippen molar-refractivity contribution >= 4 is 29.0 Å². The largest absolute Gasteiger partial charge is 0.478 e. The van der Waals surface area contributed by atoms with E-state index in [1.165, 1.54) is 6.08 Å². The molecule has 2 unspecified atom stereocenters. The van der Waals surface area contributed by atoms with Crippen LogP contribution in [0.25, 0.3) is 5.65 Å². The molecule has 3 aromatic rings. The van der Waals surface area contributed by atoms with Gasteiger partial charge >= 0.3 is 0 Å². The van der Waals surface area contributed by atoms with Gasteiger partial charge in [0.05, 0.1) is 31.2 Å². The number of methoxy groups -OCH3 is 1. The highest BCUT2D eigenvalue weighted by molar-refractivity contribution is 5.87. The molecule has 2 fully saturated rings. The topological polar surface area (TPSA) is 115 Å². The summed E-state index contributed by atoms with van der Waals surface area (Å²) in [4.78, 5) is 23.3. The van der Waals surface area contributed by atoms with Crippen LogP contribution in [0.4, 0.5) is 17.5 Å². The summed E-state index contributed by atoms with van der Waals surface area (Å²) in [6, 6.07) is 0.000290. The minimum atomic E-state index is -0.170. The fourth-order valence-corrected chi connectivity index (χ4v) is 4.15. The van der Waals surface area contributed by atoms with E-state index in [0.717, 1.165) is 25.1 Å². The standard InChI is InChI=1S/C21H27N9O2/c1-5-17(31)23-14-11-29(9-12(14)2)21-25-18(24-15-10-28(3)26-20(15)32-4)19-22-8-16(13-6-7-13)30(19)27-21/h5,8,10,12-14H,1,6-7,9,11H2,2-4H3,(H,23,31)(H,24,25,27). The molecule has 1 aliphatic heterocycles. The van der Waals surface area contributed by atoms with E-state index >= 15 is 0 Å². The van der Waals surface area contributed by atoms with E-state index in [-0.39, 0.29) is 17.9 Å². The van der Waals surface area contributed by atoms with Gasteiger partial charge in [-0.25, -0.2) is 9.50 Å². The Balaban J connectivity index is 1.52. The summed E-state index contributed by atoms with van der Waals surface area (Å²) in [7, 11) is 3.41. The lowest BCUT2D eigenvalue weighted by atomic mass is 10.1. The number of carbonyl (C=O) groups is 1. The molecule has 0 spiro atoms. The zero-order chi connectivity index (χ0) is 22.4. The lowest BCUT2D eigenvalue weighted by Gasteiger charge is -2.18. The molecule has 0 aromatic carbocycles. The van der Waals surface area contributed by atoms with Crippen LogP contribution in [0, 0.1) is 5.92 Å². The molecule has 168 valence electrons. The van der Waals surface area contributed by atoms with Crippen LogP contribution in [0.5, 0.6) is 5.88 Å². The van der Waals surface area contributed by atoms with Gasteiger partial charge in [-0.1, -0.05) is 13.5 Å². The predicted octanol–water partition coefficient (Wildman–Crippen LogP) is 1.61. The van der Waals surface area contributed by atoms with Crippen molar-refractivity contribution in [1.29, 1.82) is 0 Å². The molecule has 2 N–H and O–H groups in total. The van der Waals surface area contributed by atoms with Crippen LogP contribution in [0.15, 0.2) is 25.0 Å². The van der Waals surface area contributed by atoms with E-state index in [0.29, 0.717) is 41.4 Å². The molecule has 3 aromatic heterocycles. The third-order valence-corrected chi connectivity index (χ3v) is 6.02. The fourth-order valence-electron chi connectivity index (χ4n) is 4.15. The minimum Gasteiger partial charge on any atom is -0.478 e. The van der Waals surface area contributed by atoms with Gasteiger partial charge in [-0.2, -0.15) is 4.98 Å². The van der Waals surface area contributed by atoms with Crippen LogP contribution in [-0.2, 0) is 11.8 Å². The number of imidazole rings is 1. The average molecular weight is 438 g/mol. The molecule has 1 amide bonds. The molecule has 11 heteroatoms. The number of amides is 1. The van der Waals surface area contributed by atoms with Crippen molar-refractivity contribution in [2.45, 2.75) is 31.7 Å². The van der Waals surface area contributed by atoms with E-state index in [1.54, 1.807) is 11.8 Å². The first-order valence-corrected chi connectivity index (χ1v) is 10.7. The lowest BCUT2D eigenvalue weighted by Crippen LogP contribution is -2.39. The van der Waals surface area contributed by atoms with Crippen molar-refractivity contribution in [3.8, 4) is 5.88 Å². The highest BCUT2D eigenvalue weighted by Gasteiger charge is 2.34. The van der Waals surface area contributed by atoms with E-state index in [2.05, 4.69) is 39.1 Å². The summed E-state index contributed by atoms with van der Waals surface area (Å²) in [5.74, 6) is 2.20. The maximum atomic E-state index is 11.8. The molecular weight excluding hydrogens is 410 g/mol. The lowest BCUT2D eigenvalue weighted by molar-refractivity contribution is -0.117. The number of rotatable bonds is 7. The number of nitrogens with one attached hydrogen (secondary N) is 2. The van der Waals surface area contributed by atoms with Gasteiger partial charge in [0.2, 0.25) is 11.9 Å². The van der Waals surface area contributed by atoms with Gasteiger partial charge in [-0.3, -0.25) is 9.48 Å². The number of hydrogen-bond donors (Lipinski definition) is 2. The summed E-state index contributed by atoms with van der Waals surface area (Å²) in [5, 5.41) is 15.5. The van der Waals surface area contributed by atoms with Gasteiger partial charge < -0.3 is 20.3 Å². The van der Waals surface area contributed by atoms with E-state index < -0.39 is 0 Å². The first-order chi connectivity index (χ1) is 15.5. The predicted molar refractivity (Wildman–Crippen MR) is 119 cm³/mol. The van der Waals surface area contributed by atoms with Crippen molar-refractivity contribution in [1.82, 2.24) is 34.7 Å². The minimum absolute atomic E-state index is 0.000290. The maximum Gasteiger partial charge on any atom is 0.256 e. The Bertz CT molecular complexity index is 1180. The van der Waals surface area contributed by atoms with Crippen molar-refractivity contribution < 1.29 is 9.53 Å². The molecule has 0 radical (unpaired) electrons. The molecule has 1 saturated carbocycles. The number of nitrogens with zero attached hydrogens (tertiary/aromatic N) is 7. The number of carbonyl (C=O) groups excluding carboxylic acids is 1. The van der Waals surface area contributed by atoms with Crippen LogP contribution in [-0.4, -0.2) is 61.5 Å². The van der Waals surface area contributed by atoms with Crippen LogP contribution < -0.4 is 20.3 Å². The smallest absolute Gasteiger partial charge is 0.256 e. The Labute approximate surface area is 185 Å². The normalized spacial score (nSPS) is 20.5. The van der Waals surface area contributed by atoms with Crippen LogP contribution in [0.1, 0.15) is 31.4 Å². The van der Waals surface area contributed by atoms with Gasteiger partial charge in [0.25, 0.3) is 5.88 Å².